The number of ether oxygens (including phenoxy) is 1. The molecule has 40 heavy (non-hydrogen) atoms. The van der Waals surface area contributed by atoms with Gasteiger partial charge in [-0.25, -0.2) is 10.4 Å². The number of carbonyl (C=O) groups is 1. The van der Waals surface area contributed by atoms with Gasteiger partial charge in [0, 0.05) is 31.7 Å². The Morgan fingerprint density at radius 1 is 1.02 bits per heavy atom. The monoisotopic (exact) mass is 742 g/mol. The van der Waals surface area contributed by atoms with Crippen LogP contribution in [0.2, 0.25) is 5.02 Å². The summed E-state index contributed by atoms with van der Waals surface area (Å²) < 4.78 is 7.93. The van der Waals surface area contributed by atoms with E-state index in [1.807, 2.05) is 84.2 Å². The van der Waals surface area contributed by atoms with E-state index in [-0.39, 0.29) is 5.91 Å². The Morgan fingerprint density at radius 3 is 2.50 bits per heavy atom. The SMILES string of the molecule is O=C(N/N=C\c1ccc(OCc2ccc(Br)cc2)c(I)c1)c1ccc(-c2csc(Nc3ccc(Cl)cc3)n2)cc1. The van der Waals surface area contributed by atoms with Crippen molar-refractivity contribution in [2.24, 2.45) is 5.10 Å². The molecule has 0 saturated carbocycles. The van der Waals surface area contributed by atoms with Gasteiger partial charge in [-0.3, -0.25) is 4.79 Å². The molecule has 0 aliphatic heterocycles. The van der Waals surface area contributed by atoms with Crippen molar-refractivity contribution in [2.75, 3.05) is 5.32 Å². The number of nitrogens with zero attached hydrogens (tertiary/aromatic N) is 2. The molecule has 4 aromatic carbocycles. The summed E-state index contributed by atoms with van der Waals surface area (Å²) >= 11 is 13.1. The van der Waals surface area contributed by atoms with Gasteiger partial charge < -0.3 is 10.1 Å². The minimum absolute atomic E-state index is 0.296. The Hall–Kier alpha value is -3.25. The van der Waals surface area contributed by atoms with E-state index in [4.69, 9.17) is 16.3 Å². The molecule has 0 radical (unpaired) electrons. The number of benzene rings is 4. The molecule has 0 bridgehead atoms. The molecule has 5 aromatic rings. The summed E-state index contributed by atoms with van der Waals surface area (Å²) in [7, 11) is 0. The molecule has 1 amide bonds. The van der Waals surface area contributed by atoms with Crippen molar-refractivity contribution in [3.8, 4) is 17.0 Å². The summed E-state index contributed by atoms with van der Waals surface area (Å²) in [5.41, 5.74) is 7.67. The zero-order chi connectivity index (χ0) is 27.9. The van der Waals surface area contributed by atoms with Crippen LogP contribution in [0.1, 0.15) is 21.5 Å². The van der Waals surface area contributed by atoms with E-state index in [1.165, 1.54) is 11.3 Å². The number of nitrogens with one attached hydrogen (secondary N) is 2. The van der Waals surface area contributed by atoms with E-state index in [0.717, 1.165) is 47.0 Å². The highest BCUT2D eigenvalue weighted by Crippen LogP contribution is 2.28. The number of thiazole rings is 1. The Labute approximate surface area is 262 Å². The van der Waals surface area contributed by atoms with E-state index < -0.39 is 0 Å². The van der Waals surface area contributed by atoms with Crippen LogP contribution in [-0.2, 0) is 6.61 Å². The number of hydrogen-bond acceptors (Lipinski definition) is 6. The lowest BCUT2D eigenvalue weighted by molar-refractivity contribution is 0.0955. The van der Waals surface area contributed by atoms with E-state index in [1.54, 1.807) is 18.3 Å². The predicted molar refractivity (Wildman–Crippen MR) is 175 cm³/mol. The second-order valence-corrected chi connectivity index (χ2v) is 11.9. The average Bonchev–Trinajstić information content (AvgIpc) is 3.43. The lowest BCUT2D eigenvalue weighted by atomic mass is 10.1. The average molecular weight is 744 g/mol. The fourth-order valence-corrected chi connectivity index (χ4v) is 5.42. The van der Waals surface area contributed by atoms with Crippen molar-refractivity contribution in [1.29, 1.82) is 0 Å². The number of hydrogen-bond donors (Lipinski definition) is 2. The van der Waals surface area contributed by atoms with E-state index in [2.05, 4.69) is 59.3 Å². The highest BCUT2D eigenvalue weighted by molar-refractivity contribution is 14.1. The van der Waals surface area contributed by atoms with Crippen molar-refractivity contribution < 1.29 is 9.53 Å². The van der Waals surface area contributed by atoms with Crippen molar-refractivity contribution in [3.05, 3.63) is 126 Å². The highest BCUT2D eigenvalue weighted by Gasteiger charge is 2.09. The molecule has 0 fully saturated rings. The van der Waals surface area contributed by atoms with Crippen LogP contribution in [0.4, 0.5) is 10.8 Å². The predicted octanol–water partition coefficient (Wildman–Crippen LogP) is 8.92. The zero-order valence-corrected chi connectivity index (χ0v) is 26.1. The Bertz CT molecular complexity index is 1640. The first-order valence-corrected chi connectivity index (χ1v) is 15.1. The number of aromatic nitrogens is 1. The largest absolute Gasteiger partial charge is 0.488 e. The normalized spacial score (nSPS) is 11.0. The molecule has 0 saturated heterocycles. The molecule has 1 aromatic heterocycles. The van der Waals surface area contributed by atoms with E-state index in [9.17, 15) is 4.79 Å². The van der Waals surface area contributed by atoms with Gasteiger partial charge in [0.2, 0.25) is 0 Å². The van der Waals surface area contributed by atoms with Gasteiger partial charge in [-0.2, -0.15) is 5.10 Å². The molecular weight excluding hydrogens is 723 g/mol. The summed E-state index contributed by atoms with van der Waals surface area (Å²) in [4.78, 5) is 17.2. The molecular formula is C30H21BrClIN4O2S. The third-order valence-electron chi connectivity index (χ3n) is 5.69. The van der Waals surface area contributed by atoms with E-state index >= 15 is 0 Å². The first kappa shape index (κ1) is 28.3. The summed E-state index contributed by atoms with van der Waals surface area (Å²) in [6.45, 7) is 0.482. The van der Waals surface area contributed by atoms with Crippen LogP contribution in [0.5, 0.6) is 5.75 Å². The Kier molecular flexibility index (Phi) is 9.48. The molecule has 0 spiro atoms. The Balaban J connectivity index is 1.14. The summed E-state index contributed by atoms with van der Waals surface area (Å²) in [5.74, 6) is 0.494. The molecule has 1 heterocycles. The molecule has 0 aliphatic carbocycles. The van der Waals surface area contributed by atoms with Gasteiger partial charge in [-0.15, -0.1) is 11.3 Å². The standard InChI is InChI=1S/C30H21BrClIN4O2S/c31-23-8-1-19(2-9-23)17-39-28-14-3-20(15-26(28)33)16-34-37-29(38)22-6-4-21(5-7-22)27-18-40-30(36-27)35-25-12-10-24(32)11-13-25/h1-16,18H,17H2,(H,35,36)(H,37,38)/b34-16-. The minimum atomic E-state index is -0.296. The molecule has 6 nitrogen and oxygen atoms in total. The first-order chi connectivity index (χ1) is 19.4. The lowest BCUT2D eigenvalue weighted by Crippen LogP contribution is -2.17. The summed E-state index contributed by atoms with van der Waals surface area (Å²) in [5, 5.41) is 10.8. The number of carbonyl (C=O) groups excluding carboxylic acids is 1. The van der Waals surface area contributed by atoms with Crippen LogP contribution < -0.4 is 15.5 Å². The van der Waals surface area contributed by atoms with Gasteiger partial charge in [0.1, 0.15) is 12.4 Å². The molecule has 10 heteroatoms. The smallest absolute Gasteiger partial charge is 0.271 e. The van der Waals surface area contributed by atoms with Crippen molar-refractivity contribution >= 4 is 84.4 Å². The first-order valence-electron chi connectivity index (χ1n) is 12.0. The molecule has 0 aliphatic rings. The quantitative estimate of drug-likeness (QED) is 0.0899. The van der Waals surface area contributed by atoms with Crippen LogP contribution in [-0.4, -0.2) is 17.1 Å². The number of amides is 1. The van der Waals surface area contributed by atoms with Crippen molar-refractivity contribution in [3.63, 3.8) is 0 Å². The number of halogens is 3. The second-order valence-electron chi connectivity index (χ2n) is 8.55. The number of hydrazone groups is 1. The van der Waals surface area contributed by atoms with Crippen LogP contribution in [0, 0.1) is 3.57 Å². The van der Waals surface area contributed by atoms with Crippen LogP contribution in [0.3, 0.4) is 0 Å². The van der Waals surface area contributed by atoms with Crippen LogP contribution in [0.15, 0.2) is 106 Å². The summed E-state index contributed by atoms with van der Waals surface area (Å²) in [6, 6.07) is 28.5. The molecule has 200 valence electrons. The molecule has 5 rings (SSSR count). The highest BCUT2D eigenvalue weighted by atomic mass is 127. The molecule has 0 unspecified atom stereocenters. The van der Waals surface area contributed by atoms with Gasteiger partial charge in [0.15, 0.2) is 5.13 Å². The van der Waals surface area contributed by atoms with Gasteiger partial charge in [0.05, 0.1) is 15.5 Å². The van der Waals surface area contributed by atoms with Crippen molar-refractivity contribution in [2.45, 2.75) is 6.61 Å². The van der Waals surface area contributed by atoms with Gasteiger partial charge in [0.25, 0.3) is 5.91 Å². The van der Waals surface area contributed by atoms with Crippen molar-refractivity contribution in [1.82, 2.24) is 10.4 Å². The fourth-order valence-electron chi connectivity index (χ4n) is 3.60. The van der Waals surface area contributed by atoms with Gasteiger partial charge >= 0.3 is 0 Å². The van der Waals surface area contributed by atoms with Crippen LogP contribution >= 0.6 is 61.5 Å². The molecule has 0 atom stereocenters. The summed E-state index contributed by atoms with van der Waals surface area (Å²) in [6.07, 6.45) is 1.61. The zero-order valence-electron chi connectivity index (χ0n) is 20.8. The topological polar surface area (TPSA) is 75.6 Å². The number of anilines is 2. The van der Waals surface area contributed by atoms with Gasteiger partial charge in [-0.05, 0) is 100 Å². The number of rotatable bonds is 9. The van der Waals surface area contributed by atoms with Crippen LogP contribution in [0.25, 0.3) is 11.3 Å². The maximum absolute atomic E-state index is 12.6. The van der Waals surface area contributed by atoms with Gasteiger partial charge in [-0.1, -0.05) is 51.8 Å². The molecule has 2 N–H and O–H groups in total. The van der Waals surface area contributed by atoms with E-state index in [0.29, 0.717) is 17.2 Å². The lowest BCUT2D eigenvalue weighted by Gasteiger charge is -2.09. The third-order valence-corrected chi connectivity index (χ3v) is 8.07. The second kappa shape index (κ2) is 13.4. The maximum Gasteiger partial charge on any atom is 0.271 e. The fraction of sp³-hybridized carbons (Fsp3) is 0.0333. The maximum atomic E-state index is 12.6. The third kappa shape index (κ3) is 7.69. The Morgan fingerprint density at radius 2 is 1.77 bits per heavy atom. The minimum Gasteiger partial charge on any atom is -0.488 e.